The first-order valence-corrected chi connectivity index (χ1v) is 14.3. The topological polar surface area (TPSA) is 150 Å². The summed E-state index contributed by atoms with van der Waals surface area (Å²) in [5.74, 6) is 1.34. The number of ether oxygens (including phenoxy) is 4. The van der Waals surface area contributed by atoms with Gasteiger partial charge in [-0.05, 0) is 56.7 Å². The van der Waals surface area contributed by atoms with Crippen LogP contribution in [0.2, 0.25) is 0 Å². The third kappa shape index (κ3) is 8.25. The van der Waals surface area contributed by atoms with Gasteiger partial charge in [-0.15, -0.1) is 0 Å². The Balaban J connectivity index is 1.54. The van der Waals surface area contributed by atoms with Crippen molar-refractivity contribution in [1.29, 1.82) is 0 Å². The number of carbonyl (C=O) groups is 2. The fourth-order valence-electron chi connectivity index (χ4n) is 4.86. The standard InChI is InChI=1S/C31H41N5O7/c1-19-16-36(20(2)17-40-18-23-6-9-25(39-5)10-7-23)30(37)26-14-24(8-11-27(26)41-12-13-42-28(19)15-32)33-31(38)34-29-21(3)35-43-22(29)4/h6-11,14,19-20,28H,12-13,15-18,32H2,1-5H3,(H2,33,34,38)/t19?,20?,28-/m0/s1. The normalized spacial score (nSPS) is 18.2. The van der Waals surface area contributed by atoms with Crippen LogP contribution in [0, 0.1) is 19.8 Å². The van der Waals surface area contributed by atoms with Crippen molar-refractivity contribution in [3.8, 4) is 11.5 Å². The fraction of sp³-hybridized carbons (Fsp3) is 0.452. The van der Waals surface area contributed by atoms with Gasteiger partial charge in [-0.1, -0.05) is 24.2 Å². The molecule has 0 spiro atoms. The largest absolute Gasteiger partial charge is 0.497 e. The first kappa shape index (κ1) is 31.8. The minimum Gasteiger partial charge on any atom is -0.497 e. The second kappa shape index (κ2) is 14.9. The quantitative estimate of drug-likeness (QED) is 0.328. The van der Waals surface area contributed by atoms with Crippen LogP contribution in [-0.4, -0.2) is 74.2 Å². The van der Waals surface area contributed by atoms with E-state index < -0.39 is 6.03 Å². The summed E-state index contributed by atoms with van der Waals surface area (Å²) >= 11 is 0. The van der Waals surface area contributed by atoms with Gasteiger partial charge in [0.15, 0.2) is 5.76 Å². The van der Waals surface area contributed by atoms with Crippen LogP contribution in [-0.2, 0) is 16.1 Å². The Morgan fingerprint density at radius 1 is 1.16 bits per heavy atom. The molecule has 12 nitrogen and oxygen atoms in total. The molecule has 43 heavy (non-hydrogen) atoms. The van der Waals surface area contributed by atoms with E-state index in [4.69, 9.17) is 29.2 Å². The number of nitrogens with two attached hydrogens (primary N) is 1. The number of urea groups is 1. The highest BCUT2D eigenvalue weighted by molar-refractivity contribution is 6.03. The van der Waals surface area contributed by atoms with Crippen molar-refractivity contribution in [3.05, 3.63) is 65.0 Å². The van der Waals surface area contributed by atoms with Crippen molar-refractivity contribution < 1.29 is 33.1 Å². The van der Waals surface area contributed by atoms with Crippen LogP contribution < -0.4 is 25.8 Å². The summed E-state index contributed by atoms with van der Waals surface area (Å²) in [4.78, 5) is 28.7. The van der Waals surface area contributed by atoms with Crippen LogP contribution in [0.15, 0.2) is 47.0 Å². The Morgan fingerprint density at radius 3 is 2.60 bits per heavy atom. The van der Waals surface area contributed by atoms with Gasteiger partial charge in [0, 0.05) is 24.7 Å². The molecule has 0 saturated heterocycles. The maximum absolute atomic E-state index is 14.2. The zero-order valence-corrected chi connectivity index (χ0v) is 25.3. The Morgan fingerprint density at radius 2 is 1.93 bits per heavy atom. The minimum atomic E-state index is -0.496. The van der Waals surface area contributed by atoms with Gasteiger partial charge in [0.2, 0.25) is 0 Å². The molecule has 3 atom stereocenters. The molecular formula is C31H41N5O7. The van der Waals surface area contributed by atoms with E-state index in [0.29, 0.717) is 67.1 Å². The number of nitrogens with zero attached hydrogens (tertiary/aromatic N) is 2. The lowest BCUT2D eigenvalue weighted by atomic mass is 10.0. The van der Waals surface area contributed by atoms with Crippen molar-refractivity contribution in [3.63, 3.8) is 0 Å². The van der Waals surface area contributed by atoms with Crippen LogP contribution >= 0.6 is 0 Å². The molecule has 3 aromatic rings. The van der Waals surface area contributed by atoms with E-state index in [1.165, 1.54) is 0 Å². The molecule has 4 N–H and O–H groups in total. The molecule has 2 aromatic carbocycles. The molecule has 0 saturated carbocycles. The summed E-state index contributed by atoms with van der Waals surface area (Å²) in [6.45, 7) is 9.34. The number of aromatic nitrogens is 1. The van der Waals surface area contributed by atoms with Gasteiger partial charge >= 0.3 is 6.03 Å². The molecule has 2 heterocycles. The molecule has 0 aliphatic carbocycles. The van der Waals surface area contributed by atoms with Crippen molar-refractivity contribution in [2.75, 3.05) is 50.7 Å². The monoisotopic (exact) mass is 595 g/mol. The van der Waals surface area contributed by atoms with E-state index in [0.717, 1.165) is 11.3 Å². The zero-order valence-electron chi connectivity index (χ0n) is 25.3. The van der Waals surface area contributed by atoms with Crippen molar-refractivity contribution in [1.82, 2.24) is 10.1 Å². The number of rotatable bonds is 9. The van der Waals surface area contributed by atoms with Crippen LogP contribution in [0.3, 0.4) is 0 Å². The van der Waals surface area contributed by atoms with E-state index >= 15 is 0 Å². The zero-order chi connectivity index (χ0) is 30.9. The summed E-state index contributed by atoms with van der Waals surface area (Å²) in [6.07, 6.45) is -0.252. The SMILES string of the molecule is COc1ccc(COCC(C)N2CC(C)[C@H](CN)OCCOc3ccc(NC(=O)Nc4c(C)noc4C)cc3C2=O)cc1. The highest BCUT2D eigenvalue weighted by Gasteiger charge is 2.30. The maximum Gasteiger partial charge on any atom is 0.323 e. The molecular weight excluding hydrogens is 554 g/mol. The number of methoxy groups -OCH3 is 1. The molecule has 1 aliphatic heterocycles. The number of nitrogens with one attached hydrogen (secondary N) is 2. The van der Waals surface area contributed by atoms with Crippen molar-refractivity contribution in [2.24, 2.45) is 11.7 Å². The molecule has 1 aromatic heterocycles. The van der Waals surface area contributed by atoms with Crippen LogP contribution in [0.1, 0.15) is 41.2 Å². The number of hydrogen-bond acceptors (Lipinski definition) is 9. The predicted molar refractivity (Wildman–Crippen MR) is 162 cm³/mol. The molecule has 12 heteroatoms. The second-order valence-electron chi connectivity index (χ2n) is 10.6. The highest BCUT2D eigenvalue weighted by atomic mass is 16.5. The second-order valence-corrected chi connectivity index (χ2v) is 10.6. The van der Waals surface area contributed by atoms with E-state index in [2.05, 4.69) is 15.8 Å². The van der Waals surface area contributed by atoms with Crippen molar-refractivity contribution >= 4 is 23.3 Å². The van der Waals surface area contributed by atoms with E-state index in [1.54, 1.807) is 44.1 Å². The lowest BCUT2D eigenvalue weighted by Gasteiger charge is -2.34. The number of amides is 3. The summed E-state index contributed by atoms with van der Waals surface area (Å²) in [6, 6.07) is 11.8. The van der Waals surface area contributed by atoms with E-state index in [9.17, 15) is 9.59 Å². The van der Waals surface area contributed by atoms with Crippen LogP contribution in [0.25, 0.3) is 0 Å². The molecule has 2 unspecified atom stereocenters. The Kier molecular flexibility index (Phi) is 11.0. The Hall–Kier alpha value is -4.13. The molecule has 0 bridgehead atoms. The minimum absolute atomic E-state index is 0.0540. The van der Waals surface area contributed by atoms with Gasteiger partial charge in [0.05, 0.1) is 44.6 Å². The molecule has 232 valence electrons. The number of fused-ring (bicyclic) bond motifs is 1. The van der Waals surface area contributed by atoms with Crippen molar-refractivity contribution in [2.45, 2.75) is 46.4 Å². The lowest BCUT2D eigenvalue weighted by molar-refractivity contribution is -0.00666. The third-order valence-electron chi connectivity index (χ3n) is 7.34. The van der Waals surface area contributed by atoms with Gasteiger partial charge in [0.25, 0.3) is 5.91 Å². The highest BCUT2D eigenvalue weighted by Crippen LogP contribution is 2.28. The maximum atomic E-state index is 14.2. The van der Waals surface area contributed by atoms with Gasteiger partial charge in [0.1, 0.15) is 29.5 Å². The van der Waals surface area contributed by atoms with Crippen LogP contribution in [0.5, 0.6) is 11.5 Å². The number of hydrogen-bond donors (Lipinski definition) is 3. The number of benzene rings is 2. The summed E-state index contributed by atoms with van der Waals surface area (Å²) in [5, 5.41) is 9.40. The first-order valence-electron chi connectivity index (χ1n) is 14.3. The van der Waals surface area contributed by atoms with Crippen LogP contribution in [0.4, 0.5) is 16.2 Å². The Bertz CT molecular complexity index is 1360. The number of carbonyl (C=O) groups excluding carboxylic acids is 2. The molecule has 1 aliphatic rings. The molecule has 3 amide bonds. The molecule has 4 rings (SSSR count). The Labute approximate surface area is 251 Å². The number of anilines is 2. The fourth-order valence-corrected chi connectivity index (χ4v) is 4.86. The third-order valence-corrected chi connectivity index (χ3v) is 7.34. The summed E-state index contributed by atoms with van der Waals surface area (Å²) < 4.78 is 28.4. The summed E-state index contributed by atoms with van der Waals surface area (Å²) in [7, 11) is 1.62. The lowest BCUT2D eigenvalue weighted by Crippen LogP contribution is -2.46. The summed E-state index contributed by atoms with van der Waals surface area (Å²) in [5.41, 5.74) is 8.80. The average Bonchev–Trinajstić information content (AvgIpc) is 3.31. The molecule has 0 fully saturated rings. The van der Waals surface area contributed by atoms with E-state index in [-0.39, 0.29) is 30.6 Å². The predicted octanol–water partition coefficient (Wildman–Crippen LogP) is 4.36. The van der Waals surface area contributed by atoms with Gasteiger partial charge in [-0.3, -0.25) is 4.79 Å². The first-order chi connectivity index (χ1) is 20.7. The van der Waals surface area contributed by atoms with Gasteiger partial charge < -0.3 is 44.7 Å². The van der Waals surface area contributed by atoms with Gasteiger partial charge in [-0.25, -0.2) is 4.79 Å². The number of aryl methyl sites for hydroxylation is 2. The smallest absolute Gasteiger partial charge is 0.323 e. The average molecular weight is 596 g/mol. The van der Waals surface area contributed by atoms with Gasteiger partial charge in [-0.2, -0.15) is 0 Å². The molecule has 0 radical (unpaired) electrons. The van der Waals surface area contributed by atoms with E-state index in [1.807, 2.05) is 38.1 Å².